The minimum Gasteiger partial charge on any atom is -0.493 e. The number of hydrogen-bond donors (Lipinski definition) is 2. The van der Waals surface area contributed by atoms with E-state index in [1.54, 1.807) is 50.6 Å². The van der Waals surface area contributed by atoms with Crippen molar-refractivity contribution in [1.82, 2.24) is 4.90 Å². The van der Waals surface area contributed by atoms with E-state index >= 15 is 0 Å². The first kappa shape index (κ1) is 30.6. The molecule has 3 aromatic rings. The van der Waals surface area contributed by atoms with E-state index < -0.39 is 20.0 Å². The number of aryl methyl sites for hydroxylation is 1. The lowest BCUT2D eigenvalue weighted by atomic mass is 9.94. The molecule has 11 heteroatoms. The first-order chi connectivity index (χ1) is 19.5. The van der Waals surface area contributed by atoms with Gasteiger partial charge in [-0.1, -0.05) is 36.4 Å². The summed E-state index contributed by atoms with van der Waals surface area (Å²) in [6.45, 7) is 1.85. The molecule has 4 rings (SSSR count). The van der Waals surface area contributed by atoms with Gasteiger partial charge in [0.05, 0.1) is 28.4 Å². The van der Waals surface area contributed by atoms with Crippen molar-refractivity contribution in [2.75, 3.05) is 35.5 Å². The second-order valence-electron chi connectivity index (χ2n) is 9.85. The van der Waals surface area contributed by atoms with Gasteiger partial charge in [-0.05, 0) is 67.3 Å². The molecule has 2 N–H and O–H groups in total. The molecule has 3 aromatic carbocycles. The van der Waals surface area contributed by atoms with E-state index in [9.17, 15) is 19.1 Å². The highest BCUT2D eigenvalue weighted by Crippen LogP contribution is 2.52. The molecule has 0 heterocycles. The topological polar surface area (TPSA) is 124 Å². The van der Waals surface area contributed by atoms with Crippen molar-refractivity contribution in [2.24, 2.45) is 0 Å². The van der Waals surface area contributed by atoms with Crippen LogP contribution in [0.2, 0.25) is 0 Å². The number of likely N-dealkylation sites (N-methyl/N-ethyl adjacent to an activating group) is 1. The predicted molar refractivity (Wildman–Crippen MR) is 155 cm³/mol. The molecule has 0 aliphatic heterocycles. The van der Waals surface area contributed by atoms with Crippen LogP contribution in [0.3, 0.4) is 0 Å². The average Bonchev–Trinajstić information content (AvgIpc) is 3.21. The number of methoxy groups -OCH3 is 4. The summed E-state index contributed by atoms with van der Waals surface area (Å²) >= 11 is 0. The third-order valence-electron chi connectivity index (χ3n) is 7.64. The number of nitrogens with zero attached hydrogens (tertiary/aromatic N) is 1. The Morgan fingerprint density at radius 2 is 1.56 bits per heavy atom. The normalized spacial score (nSPS) is 16.2. The minimum absolute atomic E-state index is 0.181. The Kier molecular flexibility index (Phi) is 9.41. The first-order valence-electron chi connectivity index (χ1n) is 13.1. The molecule has 41 heavy (non-hydrogen) atoms. The van der Waals surface area contributed by atoms with Gasteiger partial charge in [-0.25, -0.2) is 4.57 Å². The quantitative estimate of drug-likeness (QED) is 0.317. The fourth-order valence-electron chi connectivity index (χ4n) is 5.59. The molecule has 0 saturated heterocycles. The Labute approximate surface area is 239 Å². The van der Waals surface area contributed by atoms with Gasteiger partial charge in [0.2, 0.25) is 11.2 Å². The monoisotopic (exact) mass is 585 g/mol. The van der Waals surface area contributed by atoms with Crippen molar-refractivity contribution < 1.29 is 37.8 Å². The number of ether oxygens (including phenoxy) is 4. The fourth-order valence-corrected chi connectivity index (χ4v) is 6.18. The maximum Gasteiger partial charge on any atom is 0.470 e. The molecule has 0 fully saturated rings. The van der Waals surface area contributed by atoms with E-state index in [0.717, 1.165) is 16.7 Å². The third-order valence-corrected chi connectivity index (χ3v) is 8.14. The molecule has 1 aliphatic carbocycles. The van der Waals surface area contributed by atoms with Crippen LogP contribution in [0.25, 0.3) is 11.1 Å². The third kappa shape index (κ3) is 6.27. The number of phosphoric ester groups is 1. The van der Waals surface area contributed by atoms with Crippen molar-refractivity contribution in [3.05, 3.63) is 81.5 Å². The summed E-state index contributed by atoms with van der Waals surface area (Å²) in [5.74, 6) is 1.61. The number of fused-ring (bicyclic) bond motifs is 3. The molecule has 3 atom stereocenters. The van der Waals surface area contributed by atoms with Crippen LogP contribution in [-0.2, 0) is 15.5 Å². The Bertz CT molecular complexity index is 1490. The smallest absolute Gasteiger partial charge is 0.470 e. The summed E-state index contributed by atoms with van der Waals surface area (Å²) in [4.78, 5) is 34.8. The second kappa shape index (κ2) is 12.6. The summed E-state index contributed by atoms with van der Waals surface area (Å²) in [6.07, 6.45) is 0.208. The lowest BCUT2D eigenvalue weighted by molar-refractivity contribution is 0.0411. The van der Waals surface area contributed by atoms with Crippen molar-refractivity contribution in [3.8, 4) is 34.1 Å². The number of benzene rings is 2. The van der Waals surface area contributed by atoms with Crippen LogP contribution in [0, 0.1) is 0 Å². The predicted octanol–water partition coefficient (Wildman–Crippen LogP) is 4.91. The highest BCUT2D eigenvalue weighted by atomic mass is 31.2. The summed E-state index contributed by atoms with van der Waals surface area (Å²) in [5, 5.41) is 0. The van der Waals surface area contributed by atoms with Gasteiger partial charge in [-0.3, -0.25) is 14.2 Å². The highest BCUT2D eigenvalue weighted by Gasteiger charge is 2.36. The molecule has 1 aliphatic rings. The summed E-state index contributed by atoms with van der Waals surface area (Å²) in [6, 6.07) is 15.0. The molecule has 0 amide bonds. The van der Waals surface area contributed by atoms with Gasteiger partial charge in [0.25, 0.3) is 0 Å². The van der Waals surface area contributed by atoms with Crippen LogP contribution >= 0.6 is 7.82 Å². The number of hydrogen-bond acceptors (Lipinski definition) is 8. The Morgan fingerprint density at radius 1 is 0.902 bits per heavy atom. The number of rotatable bonds is 10. The van der Waals surface area contributed by atoms with Gasteiger partial charge in [0, 0.05) is 17.6 Å². The van der Waals surface area contributed by atoms with E-state index in [1.807, 2.05) is 37.1 Å². The highest BCUT2D eigenvalue weighted by molar-refractivity contribution is 7.46. The lowest BCUT2D eigenvalue weighted by Gasteiger charge is -2.37. The molecule has 0 unspecified atom stereocenters. The van der Waals surface area contributed by atoms with Crippen LogP contribution < -0.4 is 24.4 Å². The van der Waals surface area contributed by atoms with E-state index in [4.69, 9.17) is 23.5 Å². The second-order valence-corrected chi connectivity index (χ2v) is 11.0. The van der Waals surface area contributed by atoms with Crippen molar-refractivity contribution in [1.29, 1.82) is 0 Å². The zero-order valence-corrected chi connectivity index (χ0v) is 24.9. The lowest BCUT2D eigenvalue weighted by Crippen LogP contribution is -2.38. The van der Waals surface area contributed by atoms with Crippen molar-refractivity contribution in [3.63, 3.8) is 0 Å². The van der Waals surface area contributed by atoms with Gasteiger partial charge >= 0.3 is 7.82 Å². The van der Waals surface area contributed by atoms with E-state index in [0.29, 0.717) is 41.2 Å². The Balaban J connectivity index is 1.93. The zero-order chi connectivity index (χ0) is 29.9. The van der Waals surface area contributed by atoms with Gasteiger partial charge < -0.3 is 28.7 Å². The molecular formula is C30H36NO9P. The standard InChI is InChI=1S/C30H36NO9P/c1-18(28(40-41(33,34)35)19-10-8-7-9-11-19)31(2)23-14-12-20-16-26(37-4)29(38-5)30(39-6)27(20)21-13-15-25(36-3)24(32)17-22(21)23/h7-11,13,15-18,23,28H,12,14H2,1-6H3,(H2,33,34,35)/t18-,23-,28-/m0/s1. The van der Waals surface area contributed by atoms with Crippen LogP contribution in [0.5, 0.6) is 23.0 Å². The van der Waals surface area contributed by atoms with E-state index in [-0.39, 0.29) is 17.2 Å². The molecule has 220 valence electrons. The fraction of sp³-hybridized carbons (Fsp3) is 0.367. The van der Waals surface area contributed by atoms with Crippen LogP contribution in [0.4, 0.5) is 0 Å². The van der Waals surface area contributed by atoms with Gasteiger partial charge in [-0.2, -0.15) is 0 Å². The molecule has 0 radical (unpaired) electrons. The molecule has 10 nitrogen and oxygen atoms in total. The SMILES string of the molecule is COc1cc2c(c(OC)c1OC)-c1ccc(OC)c(=O)cc1[C@@H](N(C)[C@@H](C)[C@H](OP(=O)(O)O)c1ccccc1)CC2. The first-order valence-corrected chi connectivity index (χ1v) is 14.6. The molecule has 0 spiro atoms. The van der Waals surface area contributed by atoms with Crippen LogP contribution in [0.1, 0.15) is 42.2 Å². The van der Waals surface area contributed by atoms with E-state index in [2.05, 4.69) is 0 Å². The van der Waals surface area contributed by atoms with E-state index in [1.165, 1.54) is 14.2 Å². The maximum atomic E-state index is 13.3. The maximum absolute atomic E-state index is 13.3. The van der Waals surface area contributed by atoms with Gasteiger partial charge in [0.1, 0.15) is 6.10 Å². The summed E-state index contributed by atoms with van der Waals surface area (Å²) < 4.78 is 39.9. The van der Waals surface area contributed by atoms with Crippen LogP contribution in [0.15, 0.2) is 59.4 Å². The van der Waals surface area contributed by atoms with Crippen LogP contribution in [-0.4, -0.2) is 56.2 Å². The molecular weight excluding hydrogens is 549 g/mol. The molecule has 0 bridgehead atoms. The molecule has 0 saturated carbocycles. The largest absolute Gasteiger partial charge is 0.493 e. The van der Waals surface area contributed by atoms with Gasteiger partial charge in [-0.15, -0.1) is 0 Å². The van der Waals surface area contributed by atoms with Crippen molar-refractivity contribution in [2.45, 2.75) is 38.0 Å². The molecule has 0 aromatic heterocycles. The zero-order valence-electron chi connectivity index (χ0n) is 24.0. The Morgan fingerprint density at radius 3 is 2.15 bits per heavy atom. The van der Waals surface area contributed by atoms with Gasteiger partial charge in [0.15, 0.2) is 17.2 Å². The summed E-state index contributed by atoms with van der Waals surface area (Å²) in [7, 11) is 3.12. The summed E-state index contributed by atoms with van der Waals surface area (Å²) in [5.41, 5.74) is 3.48. The van der Waals surface area contributed by atoms with Crippen molar-refractivity contribution >= 4 is 7.82 Å². The Hall–Kier alpha value is -3.40. The number of phosphoric acid groups is 1. The average molecular weight is 586 g/mol. The minimum atomic E-state index is -4.84.